The van der Waals surface area contributed by atoms with E-state index in [-0.39, 0.29) is 11.6 Å². The van der Waals surface area contributed by atoms with Crippen LogP contribution in [-0.2, 0) is 0 Å². The molecule has 0 radical (unpaired) electrons. The zero-order valence-electron chi connectivity index (χ0n) is 12.7. The summed E-state index contributed by atoms with van der Waals surface area (Å²) in [6.45, 7) is 2.03. The molecular formula is C16H15FN4O3. The van der Waals surface area contributed by atoms with Gasteiger partial charge in [0, 0.05) is 31.7 Å². The number of carbonyl (C=O) groups is 2. The van der Waals surface area contributed by atoms with Crippen LogP contribution < -0.4 is 4.90 Å². The van der Waals surface area contributed by atoms with Crippen LogP contribution in [0.4, 0.5) is 10.2 Å². The Kier molecular flexibility index (Phi) is 4.37. The van der Waals surface area contributed by atoms with Gasteiger partial charge >= 0.3 is 5.97 Å². The molecule has 1 aromatic carbocycles. The molecule has 0 atom stereocenters. The van der Waals surface area contributed by atoms with Crippen LogP contribution in [0.25, 0.3) is 0 Å². The van der Waals surface area contributed by atoms with Crippen molar-refractivity contribution >= 4 is 17.7 Å². The third-order valence-corrected chi connectivity index (χ3v) is 3.82. The van der Waals surface area contributed by atoms with E-state index < -0.39 is 11.8 Å². The fourth-order valence-corrected chi connectivity index (χ4v) is 2.54. The molecule has 1 aromatic heterocycles. The Hall–Kier alpha value is -3.03. The van der Waals surface area contributed by atoms with Gasteiger partial charge in [0.2, 0.25) is 0 Å². The van der Waals surface area contributed by atoms with Gasteiger partial charge in [-0.25, -0.2) is 19.2 Å². The lowest BCUT2D eigenvalue weighted by molar-refractivity contribution is 0.0688. The van der Waals surface area contributed by atoms with Crippen LogP contribution in [-0.4, -0.2) is 58.0 Å². The summed E-state index contributed by atoms with van der Waals surface area (Å²) in [5.74, 6) is -1.20. The minimum Gasteiger partial charge on any atom is -0.476 e. The number of amides is 1. The highest BCUT2D eigenvalue weighted by Crippen LogP contribution is 2.15. The number of carboxylic acid groups (broad SMARTS) is 1. The van der Waals surface area contributed by atoms with E-state index in [1.54, 1.807) is 11.0 Å². The summed E-state index contributed by atoms with van der Waals surface area (Å²) in [6, 6.07) is 5.63. The van der Waals surface area contributed by atoms with Crippen LogP contribution in [0.2, 0.25) is 0 Å². The number of hydrogen-bond acceptors (Lipinski definition) is 5. The van der Waals surface area contributed by atoms with Gasteiger partial charge in [-0.15, -0.1) is 0 Å². The second kappa shape index (κ2) is 6.61. The molecular weight excluding hydrogens is 315 g/mol. The number of carboxylic acids is 1. The lowest BCUT2D eigenvalue weighted by atomic mass is 10.1. The minimum absolute atomic E-state index is 0.112. The number of halogens is 1. The first-order valence-electron chi connectivity index (χ1n) is 7.40. The van der Waals surface area contributed by atoms with E-state index in [1.165, 1.54) is 30.6 Å². The molecule has 1 amide bonds. The fourth-order valence-electron chi connectivity index (χ4n) is 2.54. The van der Waals surface area contributed by atoms with Crippen LogP contribution in [0.1, 0.15) is 20.8 Å². The molecule has 24 heavy (non-hydrogen) atoms. The van der Waals surface area contributed by atoms with E-state index in [1.807, 2.05) is 4.90 Å². The summed E-state index contributed by atoms with van der Waals surface area (Å²) in [6.07, 6.45) is 2.62. The Morgan fingerprint density at radius 2 is 1.83 bits per heavy atom. The molecule has 7 nitrogen and oxygen atoms in total. The zero-order chi connectivity index (χ0) is 17.1. The van der Waals surface area contributed by atoms with Gasteiger partial charge in [0.25, 0.3) is 5.91 Å². The molecule has 0 spiro atoms. The summed E-state index contributed by atoms with van der Waals surface area (Å²) < 4.78 is 13.2. The largest absolute Gasteiger partial charge is 0.476 e. The molecule has 0 unspecified atom stereocenters. The Bertz CT molecular complexity index is 758. The predicted molar refractivity (Wildman–Crippen MR) is 83.5 cm³/mol. The van der Waals surface area contributed by atoms with Crippen LogP contribution in [0.15, 0.2) is 36.7 Å². The molecule has 8 heteroatoms. The molecule has 0 bridgehead atoms. The predicted octanol–water partition coefficient (Wildman–Crippen LogP) is 1.28. The summed E-state index contributed by atoms with van der Waals surface area (Å²) >= 11 is 0. The van der Waals surface area contributed by atoms with E-state index in [0.29, 0.717) is 37.6 Å². The average molecular weight is 330 g/mol. The van der Waals surface area contributed by atoms with Gasteiger partial charge in [-0.1, -0.05) is 6.07 Å². The molecule has 0 saturated carbocycles. The maximum atomic E-state index is 13.2. The number of rotatable bonds is 3. The van der Waals surface area contributed by atoms with Gasteiger partial charge in [-0.3, -0.25) is 4.79 Å². The third kappa shape index (κ3) is 3.32. The fraction of sp³-hybridized carbons (Fsp3) is 0.250. The first-order valence-corrected chi connectivity index (χ1v) is 7.40. The molecule has 3 rings (SSSR count). The quantitative estimate of drug-likeness (QED) is 0.912. The maximum absolute atomic E-state index is 13.2. The van der Waals surface area contributed by atoms with Crippen molar-refractivity contribution in [3.05, 3.63) is 53.7 Å². The van der Waals surface area contributed by atoms with Crippen molar-refractivity contribution in [3.8, 4) is 0 Å². The summed E-state index contributed by atoms with van der Waals surface area (Å²) in [5.41, 5.74) is 0.215. The van der Waals surface area contributed by atoms with E-state index in [0.717, 1.165) is 0 Å². The maximum Gasteiger partial charge on any atom is 0.356 e. The second-order valence-corrected chi connectivity index (χ2v) is 5.35. The molecule has 1 aliphatic heterocycles. The smallest absolute Gasteiger partial charge is 0.356 e. The topological polar surface area (TPSA) is 86.6 Å². The number of piperazine rings is 1. The number of benzene rings is 1. The molecule has 0 aliphatic carbocycles. The van der Waals surface area contributed by atoms with Crippen molar-refractivity contribution in [2.75, 3.05) is 31.1 Å². The third-order valence-electron chi connectivity index (χ3n) is 3.82. The van der Waals surface area contributed by atoms with Gasteiger partial charge in [-0.2, -0.15) is 0 Å². The normalized spacial score (nSPS) is 14.5. The Labute approximate surface area is 137 Å². The molecule has 1 N–H and O–H groups in total. The van der Waals surface area contributed by atoms with Crippen molar-refractivity contribution < 1.29 is 19.1 Å². The van der Waals surface area contributed by atoms with Crippen LogP contribution >= 0.6 is 0 Å². The second-order valence-electron chi connectivity index (χ2n) is 5.35. The number of nitrogens with zero attached hydrogens (tertiary/aromatic N) is 4. The van der Waals surface area contributed by atoms with Gasteiger partial charge in [0.05, 0.1) is 12.4 Å². The van der Waals surface area contributed by atoms with E-state index in [2.05, 4.69) is 9.97 Å². The first-order chi connectivity index (χ1) is 11.5. The number of anilines is 1. The minimum atomic E-state index is -1.13. The summed E-state index contributed by atoms with van der Waals surface area (Å²) in [4.78, 5) is 34.7. The lowest BCUT2D eigenvalue weighted by Gasteiger charge is -2.35. The van der Waals surface area contributed by atoms with Gasteiger partial charge < -0.3 is 14.9 Å². The Morgan fingerprint density at radius 1 is 1.08 bits per heavy atom. The van der Waals surface area contributed by atoms with Crippen molar-refractivity contribution in [2.45, 2.75) is 0 Å². The van der Waals surface area contributed by atoms with Crippen LogP contribution in [0.3, 0.4) is 0 Å². The SMILES string of the molecule is O=C(O)c1cnc(N2CCN(C(=O)c3cccc(F)c3)CC2)cn1. The summed E-state index contributed by atoms with van der Waals surface area (Å²) in [5, 5.41) is 8.82. The highest BCUT2D eigenvalue weighted by molar-refractivity contribution is 5.94. The zero-order valence-corrected chi connectivity index (χ0v) is 12.7. The lowest BCUT2D eigenvalue weighted by Crippen LogP contribution is -2.49. The highest BCUT2D eigenvalue weighted by atomic mass is 19.1. The summed E-state index contributed by atoms with van der Waals surface area (Å²) in [7, 11) is 0. The van der Waals surface area contributed by atoms with Crippen molar-refractivity contribution in [1.82, 2.24) is 14.9 Å². The number of carbonyl (C=O) groups excluding carboxylic acids is 1. The average Bonchev–Trinajstić information content (AvgIpc) is 2.61. The van der Waals surface area contributed by atoms with Crippen molar-refractivity contribution in [3.63, 3.8) is 0 Å². The van der Waals surface area contributed by atoms with E-state index in [9.17, 15) is 14.0 Å². The molecule has 2 heterocycles. The molecule has 2 aromatic rings. The molecule has 124 valence electrons. The Balaban J connectivity index is 1.63. The van der Waals surface area contributed by atoms with E-state index >= 15 is 0 Å². The number of aromatic carboxylic acids is 1. The number of hydrogen-bond donors (Lipinski definition) is 1. The van der Waals surface area contributed by atoms with Crippen molar-refractivity contribution in [2.24, 2.45) is 0 Å². The highest BCUT2D eigenvalue weighted by Gasteiger charge is 2.23. The molecule has 1 fully saturated rings. The van der Waals surface area contributed by atoms with E-state index in [4.69, 9.17) is 5.11 Å². The molecule has 1 aliphatic rings. The monoisotopic (exact) mass is 330 g/mol. The first kappa shape index (κ1) is 15.9. The van der Waals surface area contributed by atoms with Crippen LogP contribution in [0.5, 0.6) is 0 Å². The van der Waals surface area contributed by atoms with Crippen molar-refractivity contribution in [1.29, 1.82) is 0 Å². The van der Waals surface area contributed by atoms with Crippen LogP contribution in [0, 0.1) is 5.82 Å². The van der Waals surface area contributed by atoms with Gasteiger partial charge in [0.15, 0.2) is 5.69 Å². The number of aromatic nitrogens is 2. The molecule has 1 saturated heterocycles. The standard InChI is InChI=1S/C16H15FN4O3/c17-12-3-1-2-11(8-12)15(22)21-6-4-20(5-7-21)14-10-18-13(9-19-14)16(23)24/h1-3,8-10H,4-7H2,(H,23,24). The van der Waals surface area contributed by atoms with Gasteiger partial charge in [-0.05, 0) is 18.2 Å². The van der Waals surface area contributed by atoms with Gasteiger partial charge in [0.1, 0.15) is 11.6 Å². The Morgan fingerprint density at radius 3 is 2.42 bits per heavy atom.